The van der Waals surface area contributed by atoms with Crippen LogP contribution in [-0.4, -0.2) is 12.8 Å². The van der Waals surface area contributed by atoms with Crippen LogP contribution in [0.3, 0.4) is 0 Å². The van der Waals surface area contributed by atoms with Crippen LogP contribution in [0.1, 0.15) is 34.9 Å². The SMILES string of the molecule is O=C(NCc1ccc2c(c1)OCO2)NC1CCCc2sccc21. The van der Waals surface area contributed by atoms with Gasteiger partial charge in [-0.3, -0.25) is 0 Å². The van der Waals surface area contributed by atoms with E-state index in [1.54, 1.807) is 11.3 Å². The van der Waals surface area contributed by atoms with E-state index in [1.807, 2.05) is 18.2 Å². The first-order valence-electron chi connectivity index (χ1n) is 7.79. The van der Waals surface area contributed by atoms with Gasteiger partial charge in [-0.1, -0.05) is 6.07 Å². The van der Waals surface area contributed by atoms with Gasteiger partial charge >= 0.3 is 6.03 Å². The normalized spacial score (nSPS) is 18.3. The van der Waals surface area contributed by atoms with Crippen molar-refractivity contribution in [3.8, 4) is 11.5 Å². The van der Waals surface area contributed by atoms with E-state index >= 15 is 0 Å². The molecule has 6 heteroatoms. The molecule has 0 saturated carbocycles. The van der Waals surface area contributed by atoms with Gasteiger partial charge in [0.05, 0.1) is 6.04 Å². The van der Waals surface area contributed by atoms with Gasteiger partial charge in [-0.15, -0.1) is 11.3 Å². The standard InChI is InChI=1S/C17H18N2O3S/c20-17(19-13-2-1-3-16-12(13)6-7-23-16)18-9-11-4-5-14-15(8-11)22-10-21-14/h4-8,13H,1-3,9-10H2,(H2,18,19,20). The number of benzene rings is 1. The fourth-order valence-electron chi connectivity index (χ4n) is 3.08. The van der Waals surface area contributed by atoms with E-state index in [1.165, 1.54) is 10.4 Å². The van der Waals surface area contributed by atoms with Crippen LogP contribution < -0.4 is 20.1 Å². The molecule has 1 aliphatic carbocycles. The predicted molar refractivity (Wildman–Crippen MR) is 87.9 cm³/mol. The fraction of sp³-hybridized carbons (Fsp3) is 0.353. The maximum atomic E-state index is 12.2. The molecule has 0 bridgehead atoms. The van der Waals surface area contributed by atoms with E-state index in [0.717, 1.165) is 36.3 Å². The lowest BCUT2D eigenvalue weighted by Gasteiger charge is -2.23. The minimum Gasteiger partial charge on any atom is -0.454 e. The summed E-state index contributed by atoms with van der Waals surface area (Å²) < 4.78 is 10.6. The number of hydrogen-bond donors (Lipinski definition) is 2. The van der Waals surface area contributed by atoms with Crippen LogP contribution in [0.15, 0.2) is 29.6 Å². The number of ether oxygens (including phenoxy) is 2. The quantitative estimate of drug-likeness (QED) is 0.907. The lowest BCUT2D eigenvalue weighted by atomic mass is 9.94. The third kappa shape index (κ3) is 2.99. The fourth-order valence-corrected chi connectivity index (χ4v) is 4.07. The first-order chi connectivity index (χ1) is 11.3. The van der Waals surface area contributed by atoms with Crippen molar-refractivity contribution in [3.05, 3.63) is 45.6 Å². The Balaban J connectivity index is 1.34. The molecule has 1 atom stereocenters. The molecule has 23 heavy (non-hydrogen) atoms. The number of amides is 2. The summed E-state index contributed by atoms with van der Waals surface area (Å²) in [5.74, 6) is 1.49. The molecular formula is C17H18N2O3S. The zero-order valence-corrected chi connectivity index (χ0v) is 13.4. The van der Waals surface area contributed by atoms with Crippen molar-refractivity contribution in [1.29, 1.82) is 0 Å². The molecule has 0 radical (unpaired) electrons. The third-order valence-corrected chi connectivity index (χ3v) is 5.24. The van der Waals surface area contributed by atoms with Crippen molar-refractivity contribution < 1.29 is 14.3 Å². The topological polar surface area (TPSA) is 59.6 Å². The number of carbonyl (C=O) groups excluding carboxylic acids is 1. The van der Waals surface area contributed by atoms with Gasteiger partial charge in [0.25, 0.3) is 0 Å². The van der Waals surface area contributed by atoms with Crippen LogP contribution >= 0.6 is 11.3 Å². The first kappa shape index (κ1) is 14.4. The molecule has 0 fully saturated rings. The molecule has 2 N–H and O–H groups in total. The molecule has 2 heterocycles. The zero-order chi connectivity index (χ0) is 15.6. The van der Waals surface area contributed by atoms with Crippen molar-refractivity contribution >= 4 is 17.4 Å². The molecular weight excluding hydrogens is 312 g/mol. The van der Waals surface area contributed by atoms with Gasteiger partial charge in [-0.2, -0.15) is 0 Å². The van der Waals surface area contributed by atoms with E-state index in [2.05, 4.69) is 22.1 Å². The molecule has 0 saturated heterocycles. The average molecular weight is 330 g/mol. The second-order valence-corrected chi connectivity index (χ2v) is 6.76. The van der Waals surface area contributed by atoms with E-state index in [9.17, 15) is 4.79 Å². The van der Waals surface area contributed by atoms with Gasteiger partial charge in [-0.05, 0) is 54.0 Å². The van der Waals surface area contributed by atoms with Crippen molar-refractivity contribution in [1.82, 2.24) is 10.6 Å². The summed E-state index contributed by atoms with van der Waals surface area (Å²) in [6.45, 7) is 0.725. The minimum atomic E-state index is -0.133. The average Bonchev–Trinajstić information content (AvgIpc) is 3.21. The Morgan fingerprint density at radius 1 is 1.26 bits per heavy atom. The van der Waals surface area contributed by atoms with Gasteiger partial charge < -0.3 is 20.1 Å². The molecule has 1 aromatic carbocycles. The minimum absolute atomic E-state index is 0.127. The number of hydrogen-bond acceptors (Lipinski definition) is 4. The lowest BCUT2D eigenvalue weighted by Crippen LogP contribution is -2.38. The van der Waals surface area contributed by atoms with E-state index < -0.39 is 0 Å². The predicted octanol–water partition coefficient (Wildman–Crippen LogP) is 3.35. The van der Waals surface area contributed by atoms with Crippen LogP contribution in [0.5, 0.6) is 11.5 Å². The van der Waals surface area contributed by atoms with Crippen molar-refractivity contribution in [3.63, 3.8) is 0 Å². The van der Waals surface area contributed by atoms with Crippen molar-refractivity contribution in [2.75, 3.05) is 6.79 Å². The smallest absolute Gasteiger partial charge is 0.315 e. The van der Waals surface area contributed by atoms with E-state index in [0.29, 0.717) is 6.54 Å². The Morgan fingerprint density at radius 2 is 2.17 bits per heavy atom. The second-order valence-electron chi connectivity index (χ2n) is 5.76. The summed E-state index contributed by atoms with van der Waals surface area (Å²) >= 11 is 1.78. The van der Waals surface area contributed by atoms with Gasteiger partial charge in [0.1, 0.15) is 0 Å². The Kier molecular flexibility index (Phi) is 3.83. The molecule has 1 aromatic heterocycles. The molecule has 0 spiro atoms. The number of fused-ring (bicyclic) bond motifs is 2. The van der Waals surface area contributed by atoms with Crippen LogP contribution in [-0.2, 0) is 13.0 Å². The molecule has 120 valence electrons. The number of carbonyl (C=O) groups is 1. The summed E-state index contributed by atoms with van der Waals surface area (Å²) in [6.07, 6.45) is 3.26. The lowest BCUT2D eigenvalue weighted by molar-refractivity contribution is 0.174. The highest BCUT2D eigenvalue weighted by Gasteiger charge is 2.22. The largest absolute Gasteiger partial charge is 0.454 e. The Labute approximate surface area is 138 Å². The molecule has 2 aromatic rings. The van der Waals surface area contributed by atoms with Crippen LogP contribution in [0.25, 0.3) is 0 Å². The maximum Gasteiger partial charge on any atom is 0.315 e. The first-order valence-corrected chi connectivity index (χ1v) is 8.67. The molecule has 1 aliphatic heterocycles. The summed E-state index contributed by atoms with van der Waals surface area (Å²) in [5.41, 5.74) is 2.27. The highest BCUT2D eigenvalue weighted by atomic mass is 32.1. The van der Waals surface area contributed by atoms with Crippen molar-refractivity contribution in [2.24, 2.45) is 0 Å². The van der Waals surface area contributed by atoms with Crippen molar-refractivity contribution in [2.45, 2.75) is 31.8 Å². The second kappa shape index (κ2) is 6.12. The summed E-state index contributed by atoms with van der Waals surface area (Å²) in [6, 6.07) is 7.83. The molecule has 1 unspecified atom stereocenters. The summed E-state index contributed by atoms with van der Waals surface area (Å²) in [7, 11) is 0. The van der Waals surface area contributed by atoms with Crippen LogP contribution in [0.2, 0.25) is 0 Å². The summed E-state index contributed by atoms with van der Waals surface area (Å²) in [4.78, 5) is 13.6. The number of urea groups is 1. The van der Waals surface area contributed by atoms with E-state index in [4.69, 9.17) is 9.47 Å². The highest BCUT2D eigenvalue weighted by molar-refractivity contribution is 7.10. The Morgan fingerprint density at radius 3 is 3.13 bits per heavy atom. The van der Waals surface area contributed by atoms with E-state index in [-0.39, 0.29) is 18.9 Å². The molecule has 2 amide bonds. The number of thiophene rings is 1. The number of nitrogens with one attached hydrogen (secondary N) is 2. The molecule has 2 aliphatic rings. The van der Waals surface area contributed by atoms with Crippen LogP contribution in [0, 0.1) is 0 Å². The molecule has 5 nitrogen and oxygen atoms in total. The molecule has 4 rings (SSSR count). The zero-order valence-electron chi connectivity index (χ0n) is 12.6. The summed E-state index contributed by atoms with van der Waals surface area (Å²) in [5, 5.41) is 8.11. The van der Waals surface area contributed by atoms with Gasteiger partial charge in [0.15, 0.2) is 11.5 Å². The number of aryl methyl sites for hydroxylation is 1. The van der Waals surface area contributed by atoms with Gasteiger partial charge in [0.2, 0.25) is 6.79 Å². The third-order valence-electron chi connectivity index (χ3n) is 4.25. The van der Waals surface area contributed by atoms with Crippen LogP contribution in [0.4, 0.5) is 4.79 Å². The van der Waals surface area contributed by atoms with Gasteiger partial charge in [-0.25, -0.2) is 4.79 Å². The Bertz CT molecular complexity index is 728. The Hall–Kier alpha value is -2.21. The van der Waals surface area contributed by atoms with Gasteiger partial charge in [0, 0.05) is 11.4 Å². The monoisotopic (exact) mass is 330 g/mol. The maximum absolute atomic E-state index is 12.2. The highest BCUT2D eigenvalue weighted by Crippen LogP contribution is 2.33. The number of rotatable bonds is 3.